The highest BCUT2D eigenvalue weighted by Gasteiger charge is 2.31. The molecule has 84 valence electrons. The highest BCUT2D eigenvalue weighted by Crippen LogP contribution is 2.17. The fourth-order valence-corrected chi connectivity index (χ4v) is 1.08. The first-order valence-electron chi connectivity index (χ1n) is 4.56. The zero-order valence-electron chi connectivity index (χ0n) is 8.37. The third-order valence-electron chi connectivity index (χ3n) is 2.51. The largest absolute Gasteiger partial charge is 0.394 e. The number of carbonyl (C=O) groups excluding carboxylic acids is 1. The molecule has 0 amide bonds. The molecule has 0 saturated carbocycles. The predicted molar refractivity (Wildman–Crippen MR) is 49.5 cm³/mol. The minimum Gasteiger partial charge on any atom is -0.394 e. The van der Waals surface area contributed by atoms with Gasteiger partial charge >= 0.3 is 0 Å². The molecule has 0 saturated heterocycles. The van der Waals surface area contributed by atoms with E-state index in [2.05, 4.69) is 0 Å². The molecule has 5 atom stereocenters. The summed E-state index contributed by atoms with van der Waals surface area (Å²) >= 11 is 0. The van der Waals surface area contributed by atoms with Gasteiger partial charge in [-0.05, 0) is 5.92 Å². The molecule has 4 N–H and O–H groups in total. The van der Waals surface area contributed by atoms with Crippen LogP contribution in [-0.4, -0.2) is 51.6 Å². The van der Waals surface area contributed by atoms with Crippen molar-refractivity contribution in [2.24, 2.45) is 11.8 Å². The van der Waals surface area contributed by atoms with E-state index in [-0.39, 0.29) is 0 Å². The van der Waals surface area contributed by atoms with Gasteiger partial charge in [-0.1, -0.05) is 13.8 Å². The minimum absolute atomic E-state index is 0.412. The van der Waals surface area contributed by atoms with Gasteiger partial charge in [-0.25, -0.2) is 0 Å². The molecule has 0 fully saturated rings. The van der Waals surface area contributed by atoms with E-state index >= 15 is 0 Å². The van der Waals surface area contributed by atoms with Gasteiger partial charge in [-0.3, -0.25) is 0 Å². The van der Waals surface area contributed by atoms with Gasteiger partial charge in [-0.15, -0.1) is 0 Å². The third kappa shape index (κ3) is 3.34. The number of hydrogen-bond donors (Lipinski definition) is 4. The maximum absolute atomic E-state index is 10.4. The van der Waals surface area contributed by atoms with Gasteiger partial charge in [0, 0.05) is 5.92 Å². The molecule has 5 nitrogen and oxygen atoms in total. The van der Waals surface area contributed by atoms with Crippen LogP contribution in [0.15, 0.2) is 0 Å². The minimum atomic E-state index is -1.43. The van der Waals surface area contributed by atoms with E-state index in [1.807, 2.05) is 0 Å². The summed E-state index contributed by atoms with van der Waals surface area (Å²) in [7, 11) is 0. The normalized spacial score (nSPS) is 22.1. The quantitative estimate of drug-likeness (QED) is 0.398. The summed E-state index contributed by atoms with van der Waals surface area (Å²) in [6.07, 6.45) is -3.37. The van der Waals surface area contributed by atoms with Crippen molar-refractivity contribution in [2.75, 3.05) is 6.61 Å². The van der Waals surface area contributed by atoms with E-state index in [0.717, 1.165) is 0 Å². The van der Waals surface area contributed by atoms with Crippen LogP contribution in [-0.2, 0) is 4.79 Å². The predicted octanol–water partition coefficient (Wildman–Crippen LogP) is -1.47. The van der Waals surface area contributed by atoms with Gasteiger partial charge in [0.05, 0.1) is 12.7 Å². The Labute approximate surface area is 83.0 Å². The number of aliphatic hydroxyl groups is 4. The zero-order valence-corrected chi connectivity index (χ0v) is 8.37. The fourth-order valence-electron chi connectivity index (χ4n) is 1.08. The summed E-state index contributed by atoms with van der Waals surface area (Å²) in [4.78, 5) is 10.4. The summed E-state index contributed by atoms with van der Waals surface area (Å²) in [5, 5.41) is 36.4. The lowest BCUT2D eigenvalue weighted by molar-refractivity contribution is -0.120. The standard InChI is InChI=1S/C9H18O5/c1-5(3-10)6(2)8(13)9(14)7(12)4-11/h3,5-9,11-14H,4H2,1-2H3/t5-,6+,7+,8+,9+/m0/s1. The second kappa shape index (κ2) is 6.08. The molecule has 0 spiro atoms. The third-order valence-corrected chi connectivity index (χ3v) is 2.51. The van der Waals surface area contributed by atoms with E-state index in [1.54, 1.807) is 13.8 Å². The molecule has 0 aliphatic carbocycles. The smallest absolute Gasteiger partial charge is 0.123 e. The average molecular weight is 206 g/mol. The summed E-state index contributed by atoms with van der Waals surface area (Å²) in [5.41, 5.74) is 0. The van der Waals surface area contributed by atoms with Crippen molar-refractivity contribution in [3.05, 3.63) is 0 Å². The van der Waals surface area contributed by atoms with E-state index in [9.17, 15) is 15.0 Å². The van der Waals surface area contributed by atoms with Gasteiger partial charge in [0.15, 0.2) is 0 Å². The van der Waals surface area contributed by atoms with Gasteiger partial charge in [0.2, 0.25) is 0 Å². The molecular weight excluding hydrogens is 188 g/mol. The van der Waals surface area contributed by atoms with E-state index in [0.29, 0.717) is 6.29 Å². The Morgan fingerprint density at radius 2 is 1.64 bits per heavy atom. The van der Waals surface area contributed by atoms with Crippen LogP contribution in [0.1, 0.15) is 13.8 Å². The highest BCUT2D eigenvalue weighted by molar-refractivity contribution is 5.53. The monoisotopic (exact) mass is 206 g/mol. The second-order valence-electron chi connectivity index (χ2n) is 3.59. The van der Waals surface area contributed by atoms with E-state index < -0.39 is 36.8 Å². The molecule has 0 aliphatic heterocycles. The van der Waals surface area contributed by atoms with E-state index in [1.165, 1.54) is 0 Å². The Kier molecular flexibility index (Phi) is 5.87. The van der Waals surface area contributed by atoms with Crippen LogP contribution in [0.2, 0.25) is 0 Å². The summed E-state index contributed by atoms with van der Waals surface area (Å²) in [5.74, 6) is -0.880. The highest BCUT2D eigenvalue weighted by atomic mass is 16.4. The van der Waals surface area contributed by atoms with Crippen LogP contribution in [0.4, 0.5) is 0 Å². The number of hydrogen-bond acceptors (Lipinski definition) is 5. The Morgan fingerprint density at radius 1 is 1.14 bits per heavy atom. The lowest BCUT2D eigenvalue weighted by Crippen LogP contribution is -2.44. The molecule has 0 radical (unpaired) electrons. The lowest BCUT2D eigenvalue weighted by Gasteiger charge is -2.28. The van der Waals surface area contributed by atoms with Crippen molar-refractivity contribution in [3.63, 3.8) is 0 Å². The first-order valence-corrected chi connectivity index (χ1v) is 4.56. The Hall–Kier alpha value is -0.490. The number of aldehydes is 1. The van der Waals surface area contributed by atoms with Crippen molar-refractivity contribution < 1.29 is 25.2 Å². The van der Waals surface area contributed by atoms with Gasteiger partial charge in [-0.2, -0.15) is 0 Å². The van der Waals surface area contributed by atoms with Gasteiger partial charge in [0.25, 0.3) is 0 Å². The number of aliphatic hydroxyl groups excluding tert-OH is 4. The summed E-state index contributed by atoms with van der Waals surface area (Å²) in [6.45, 7) is 2.58. The summed E-state index contributed by atoms with van der Waals surface area (Å²) in [6, 6.07) is 0. The zero-order chi connectivity index (χ0) is 11.3. The molecule has 0 heterocycles. The second-order valence-corrected chi connectivity index (χ2v) is 3.59. The Morgan fingerprint density at radius 3 is 2.00 bits per heavy atom. The van der Waals surface area contributed by atoms with Crippen molar-refractivity contribution >= 4 is 6.29 Å². The first kappa shape index (κ1) is 13.5. The molecule has 0 bridgehead atoms. The Balaban J connectivity index is 4.29. The van der Waals surface area contributed by atoms with Crippen LogP contribution in [0, 0.1) is 11.8 Å². The molecule has 0 aliphatic rings. The van der Waals surface area contributed by atoms with Crippen LogP contribution in [0.3, 0.4) is 0 Å². The molecule has 5 heteroatoms. The maximum atomic E-state index is 10.4. The van der Waals surface area contributed by atoms with E-state index in [4.69, 9.17) is 10.2 Å². The lowest BCUT2D eigenvalue weighted by atomic mass is 9.87. The number of carbonyl (C=O) groups is 1. The summed E-state index contributed by atoms with van der Waals surface area (Å²) < 4.78 is 0. The molecule has 0 aromatic heterocycles. The first-order chi connectivity index (χ1) is 6.45. The Bertz CT molecular complexity index is 173. The molecule has 0 rings (SSSR count). The van der Waals surface area contributed by atoms with Crippen molar-refractivity contribution in [3.8, 4) is 0 Å². The van der Waals surface area contributed by atoms with Crippen molar-refractivity contribution in [1.29, 1.82) is 0 Å². The molecule has 14 heavy (non-hydrogen) atoms. The number of rotatable bonds is 6. The van der Waals surface area contributed by atoms with Crippen LogP contribution < -0.4 is 0 Å². The van der Waals surface area contributed by atoms with Crippen LogP contribution >= 0.6 is 0 Å². The van der Waals surface area contributed by atoms with Gasteiger partial charge in [0.1, 0.15) is 18.5 Å². The molecular formula is C9H18O5. The molecule has 0 unspecified atom stereocenters. The van der Waals surface area contributed by atoms with Gasteiger partial charge < -0.3 is 25.2 Å². The van der Waals surface area contributed by atoms with Crippen molar-refractivity contribution in [2.45, 2.75) is 32.2 Å². The SMILES string of the molecule is C[C@@H]([C@@H](O)[C@H](O)[C@H](O)CO)[C@@H](C)C=O. The van der Waals surface area contributed by atoms with Crippen LogP contribution in [0.5, 0.6) is 0 Å². The van der Waals surface area contributed by atoms with Crippen LogP contribution in [0.25, 0.3) is 0 Å². The maximum Gasteiger partial charge on any atom is 0.123 e. The topological polar surface area (TPSA) is 98.0 Å². The molecule has 0 aromatic rings. The van der Waals surface area contributed by atoms with Crippen molar-refractivity contribution in [1.82, 2.24) is 0 Å². The fraction of sp³-hybridized carbons (Fsp3) is 0.889. The average Bonchev–Trinajstić information content (AvgIpc) is 2.23. The molecule has 0 aromatic carbocycles.